The van der Waals surface area contributed by atoms with E-state index in [0.717, 1.165) is 36.0 Å². The first kappa shape index (κ1) is 13.9. The fourth-order valence-corrected chi connectivity index (χ4v) is 3.39. The Morgan fingerprint density at radius 3 is 2.57 bits per heavy atom. The van der Waals surface area contributed by atoms with Crippen LogP contribution in [-0.2, 0) is 6.42 Å². The molecule has 0 radical (unpaired) electrons. The number of hydrogen-bond donors (Lipinski definition) is 1. The molecule has 0 aromatic heterocycles. The topological polar surface area (TPSA) is 46.3 Å². The Balaban J connectivity index is 2.28. The second-order valence-corrected chi connectivity index (χ2v) is 5.75. The lowest BCUT2D eigenvalue weighted by Gasteiger charge is -2.32. The van der Waals surface area contributed by atoms with Crippen LogP contribution in [-0.4, -0.2) is 19.0 Å². The van der Waals surface area contributed by atoms with Crippen LogP contribution in [0.5, 0.6) is 0 Å². The van der Waals surface area contributed by atoms with Gasteiger partial charge in [-0.2, -0.15) is 0 Å². The third-order valence-corrected chi connectivity index (χ3v) is 4.40. The monoisotopic (exact) mass is 282 g/mol. The van der Waals surface area contributed by atoms with Gasteiger partial charge in [-0.1, -0.05) is 31.2 Å². The minimum absolute atomic E-state index is 0.318. The SMILES string of the molecule is CCc1cc2ccccc2c(C(N)=O)c1N1CCCCC1. The molecule has 2 N–H and O–H groups in total. The van der Waals surface area contributed by atoms with Gasteiger partial charge < -0.3 is 10.6 Å². The van der Waals surface area contributed by atoms with Crippen LogP contribution in [0.15, 0.2) is 30.3 Å². The fraction of sp³-hybridized carbons (Fsp3) is 0.389. The Morgan fingerprint density at radius 1 is 1.19 bits per heavy atom. The molecule has 2 aromatic carbocycles. The molecule has 3 rings (SSSR count). The maximum Gasteiger partial charge on any atom is 0.251 e. The summed E-state index contributed by atoms with van der Waals surface area (Å²) in [5.74, 6) is -0.318. The highest BCUT2D eigenvalue weighted by molar-refractivity contribution is 6.12. The van der Waals surface area contributed by atoms with Gasteiger partial charge in [0.05, 0.1) is 11.3 Å². The minimum atomic E-state index is -0.318. The first-order chi connectivity index (χ1) is 10.2. The second kappa shape index (κ2) is 5.76. The predicted molar refractivity (Wildman–Crippen MR) is 87.9 cm³/mol. The lowest BCUT2D eigenvalue weighted by Crippen LogP contribution is -2.32. The van der Waals surface area contributed by atoms with Crippen LogP contribution in [0.3, 0.4) is 0 Å². The number of aryl methyl sites for hydroxylation is 1. The molecule has 1 aliphatic heterocycles. The standard InChI is InChI=1S/C18H22N2O/c1-2-13-12-14-8-4-5-9-15(14)16(18(19)21)17(13)20-10-6-3-7-11-20/h4-5,8-9,12H,2-3,6-7,10-11H2,1H3,(H2,19,21). The molecule has 0 bridgehead atoms. The van der Waals surface area contributed by atoms with Crippen LogP contribution in [0.2, 0.25) is 0 Å². The summed E-state index contributed by atoms with van der Waals surface area (Å²) in [4.78, 5) is 14.5. The second-order valence-electron chi connectivity index (χ2n) is 5.75. The summed E-state index contributed by atoms with van der Waals surface area (Å²) < 4.78 is 0. The highest BCUT2D eigenvalue weighted by atomic mass is 16.1. The van der Waals surface area contributed by atoms with Crippen molar-refractivity contribution >= 4 is 22.4 Å². The number of carbonyl (C=O) groups excluding carboxylic acids is 1. The maximum atomic E-state index is 12.1. The zero-order valence-corrected chi connectivity index (χ0v) is 12.6. The number of nitrogens with zero attached hydrogens (tertiary/aromatic N) is 1. The number of rotatable bonds is 3. The summed E-state index contributed by atoms with van der Waals surface area (Å²) in [6, 6.07) is 10.3. The zero-order chi connectivity index (χ0) is 14.8. The molecular formula is C18H22N2O. The van der Waals surface area contributed by atoms with Crippen molar-refractivity contribution in [1.82, 2.24) is 0 Å². The van der Waals surface area contributed by atoms with Crippen molar-refractivity contribution in [1.29, 1.82) is 0 Å². The molecule has 3 heteroatoms. The average Bonchev–Trinajstić information content (AvgIpc) is 2.53. The van der Waals surface area contributed by atoms with Gasteiger partial charge in [0.2, 0.25) is 0 Å². The number of anilines is 1. The number of nitrogens with two attached hydrogens (primary N) is 1. The normalized spacial score (nSPS) is 15.4. The number of benzene rings is 2. The van der Waals surface area contributed by atoms with Gasteiger partial charge in [0.1, 0.15) is 0 Å². The molecule has 0 saturated carbocycles. The smallest absolute Gasteiger partial charge is 0.251 e. The largest absolute Gasteiger partial charge is 0.371 e. The zero-order valence-electron chi connectivity index (χ0n) is 12.6. The van der Waals surface area contributed by atoms with Crippen LogP contribution in [0.4, 0.5) is 5.69 Å². The number of hydrogen-bond acceptors (Lipinski definition) is 2. The first-order valence-corrected chi connectivity index (χ1v) is 7.81. The van der Waals surface area contributed by atoms with Crippen molar-refractivity contribution in [3.63, 3.8) is 0 Å². The summed E-state index contributed by atoms with van der Waals surface area (Å²) in [6.07, 6.45) is 4.57. The van der Waals surface area contributed by atoms with E-state index in [4.69, 9.17) is 5.73 Å². The molecule has 1 fully saturated rings. The van der Waals surface area contributed by atoms with Crippen molar-refractivity contribution in [3.8, 4) is 0 Å². The average molecular weight is 282 g/mol. The number of piperidine rings is 1. The van der Waals surface area contributed by atoms with E-state index in [-0.39, 0.29) is 5.91 Å². The van der Waals surface area contributed by atoms with Crippen molar-refractivity contribution < 1.29 is 4.79 Å². The molecule has 21 heavy (non-hydrogen) atoms. The third-order valence-electron chi connectivity index (χ3n) is 4.40. The molecule has 1 amide bonds. The lowest BCUT2D eigenvalue weighted by molar-refractivity contribution is 0.100. The quantitative estimate of drug-likeness (QED) is 0.936. The van der Waals surface area contributed by atoms with Gasteiger partial charge in [0.25, 0.3) is 5.91 Å². The van der Waals surface area contributed by atoms with E-state index in [1.54, 1.807) is 0 Å². The summed E-state index contributed by atoms with van der Waals surface area (Å²) >= 11 is 0. The Hall–Kier alpha value is -2.03. The summed E-state index contributed by atoms with van der Waals surface area (Å²) in [5, 5.41) is 2.08. The van der Waals surface area contributed by atoms with E-state index in [9.17, 15) is 4.79 Å². The van der Waals surface area contributed by atoms with Crippen LogP contribution in [0.25, 0.3) is 10.8 Å². The van der Waals surface area contributed by atoms with E-state index in [1.807, 2.05) is 18.2 Å². The molecule has 110 valence electrons. The van der Waals surface area contributed by atoms with Gasteiger partial charge in [0.15, 0.2) is 0 Å². The molecule has 0 unspecified atom stereocenters. The molecule has 1 aliphatic rings. The number of fused-ring (bicyclic) bond motifs is 1. The van der Waals surface area contributed by atoms with Crippen molar-refractivity contribution in [3.05, 3.63) is 41.5 Å². The Bertz CT molecular complexity index is 672. The molecule has 0 aliphatic carbocycles. The maximum absolute atomic E-state index is 12.1. The Kier molecular flexibility index (Phi) is 3.82. The van der Waals surface area contributed by atoms with Crippen molar-refractivity contribution in [2.45, 2.75) is 32.6 Å². The van der Waals surface area contributed by atoms with E-state index >= 15 is 0 Å². The molecule has 2 aromatic rings. The van der Waals surface area contributed by atoms with Crippen LogP contribution >= 0.6 is 0 Å². The van der Waals surface area contributed by atoms with Gasteiger partial charge in [-0.15, -0.1) is 0 Å². The van der Waals surface area contributed by atoms with Gasteiger partial charge in [0, 0.05) is 13.1 Å². The summed E-state index contributed by atoms with van der Waals surface area (Å²) in [6.45, 7) is 4.18. The van der Waals surface area contributed by atoms with E-state index in [2.05, 4.69) is 24.0 Å². The molecule has 0 atom stereocenters. The van der Waals surface area contributed by atoms with Crippen LogP contribution in [0.1, 0.15) is 42.1 Å². The van der Waals surface area contributed by atoms with Gasteiger partial charge in [-0.25, -0.2) is 0 Å². The molecule has 1 heterocycles. The number of primary amides is 1. The highest BCUT2D eigenvalue weighted by Crippen LogP contribution is 2.34. The van der Waals surface area contributed by atoms with Crippen LogP contribution < -0.4 is 10.6 Å². The highest BCUT2D eigenvalue weighted by Gasteiger charge is 2.22. The minimum Gasteiger partial charge on any atom is -0.371 e. The van der Waals surface area contributed by atoms with Gasteiger partial charge >= 0.3 is 0 Å². The Morgan fingerprint density at radius 2 is 1.90 bits per heavy atom. The molecule has 1 saturated heterocycles. The van der Waals surface area contributed by atoms with Gasteiger partial charge in [-0.3, -0.25) is 4.79 Å². The summed E-state index contributed by atoms with van der Waals surface area (Å²) in [5.41, 5.74) is 8.75. The van der Waals surface area contributed by atoms with Crippen molar-refractivity contribution in [2.24, 2.45) is 5.73 Å². The van der Waals surface area contributed by atoms with Crippen molar-refractivity contribution in [2.75, 3.05) is 18.0 Å². The number of amides is 1. The third kappa shape index (κ3) is 2.48. The van der Waals surface area contributed by atoms with Crippen LogP contribution in [0, 0.1) is 0 Å². The fourth-order valence-electron chi connectivity index (χ4n) is 3.39. The molecular weight excluding hydrogens is 260 g/mol. The van der Waals surface area contributed by atoms with E-state index < -0.39 is 0 Å². The molecule has 0 spiro atoms. The van der Waals surface area contributed by atoms with E-state index in [1.165, 1.54) is 24.8 Å². The first-order valence-electron chi connectivity index (χ1n) is 7.81. The molecule has 3 nitrogen and oxygen atoms in total. The lowest BCUT2D eigenvalue weighted by atomic mass is 9.94. The Labute approximate surface area is 125 Å². The van der Waals surface area contributed by atoms with Gasteiger partial charge in [-0.05, 0) is 48.1 Å². The number of carbonyl (C=O) groups is 1. The van der Waals surface area contributed by atoms with E-state index in [0.29, 0.717) is 5.56 Å². The predicted octanol–water partition coefficient (Wildman–Crippen LogP) is 3.49. The summed E-state index contributed by atoms with van der Waals surface area (Å²) in [7, 11) is 0.